The number of hydrogen-bond acceptors (Lipinski definition) is 3. The standard InChI is InChI=1S/C11H13ClN2O3/c1-7(6-10(15)14-11(16)17)13-9-4-2-8(12)3-5-9/h2-5,7,13H,6H2,1H3,(H,14,15)(H,16,17). The Morgan fingerprint density at radius 1 is 1.35 bits per heavy atom. The Morgan fingerprint density at radius 2 is 1.94 bits per heavy atom. The van der Waals surface area contributed by atoms with Crippen molar-refractivity contribution in [3.63, 3.8) is 0 Å². The van der Waals surface area contributed by atoms with Crippen LogP contribution in [0.4, 0.5) is 10.5 Å². The fourth-order valence-corrected chi connectivity index (χ4v) is 1.46. The van der Waals surface area contributed by atoms with E-state index in [9.17, 15) is 9.59 Å². The highest BCUT2D eigenvalue weighted by molar-refractivity contribution is 6.30. The van der Waals surface area contributed by atoms with Crippen molar-refractivity contribution in [2.75, 3.05) is 5.32 Å². The summed E-state index contributed by atoms with van der Waals surface area (Å²) >= 11 is 5.73. The largest absolute Gasteiger partial charge is 0.465 e. The zero-order chi connectivity index (χ0) is 12.8. The van der Waals surface area contributed by atoms with Crippen molar-refractivity contribution >= 4 is 29.3 Å². The first-order valence-electron chi connectivity index (χ1n) is 5.02. The summed E-state index contributed by atoms with van der Waals surface area (Å²) in [6.45, 7) is 1.79. The first-order valence-corrected chi connectivity index (χ1v) is 5.40. The number of carboxylic acid groups (broad SMARTS) is 1. The lowest BCUT2D eigenvalue weighted by atomic mass is 10.2. The van der Waals surface area contributed by atoms with Crippen LogP contribution < -0.4 is 10.6 Å². The molecule has 6 heteroatoms. The second kappa shape index (κ2) is 6.10. The predicted molar refractivity (Wildman–Crippen MR) is 65.3 cm³/mol. The Morgan fingerprint density at radius 3 is 2.47 bits per heavy atom. The zero-order valence-corrected chi connectivity index (χ0v) is 9.99. The molecular weight excluding hydrogens is 244 g/mol. The number of anilines is 1. The van der Waals surface area contributed by atoms with Crippen LogP contribution in [0.2, 0.25) is 5.02 Å². The predicted octanol–water partition coefficient (Wildman–Crippen LogP) is 2.32. The minimum Gasteiger partial charge on any atom is -0.465 e. The maximum Gasteiger partial charge on any atom is 0.411 e. The molecule has 0 bridgehead atoms. The summed E-state index contributed by atoms with van der Waals surface area (Å²) in [6.07, 6.45) is -1.26. The summed E-state index contributed by atoms with van der Waals surface area (Å²) in [6, 6.07) is 6.86. The van der Waals surface area contributed by atoms with Crippen LogP contribution in [0.3, 0.4) is 0 Å². The van der Waals surface area contributed by atoms with Crippen LogP contribution in [-0.2, 0) is 4.79 Å². The van der Waals surface area contributed by atoms with E-state index in [0.717, 1.165) is 5.69 Å². The van der Waals surface area contributed by atoms with Crippen LogP contribution >= 0.6 is 11.6 Å². The molecule has 0 aliphatic carbocycles. The van der Waals surface area contributed by atoms with Gasteiger partial charge in [-0.1, -0.05) is 11.6 Å². The summed E-state index contributed by atoms with van der Waals surface area (Å²) < 4.78 is 0. The number of hydrogen-bond donors (Lipinski definition) is 3. The summed E-state index contributed by atoms with van der Waals surface area (Å²) in [5.74, 6) is -0.536. The van der Waals surface area contributed by atoms with Gasteiger partial charge in [0.1, 0.15) is 0 Å². The molecule has 0 heterocycles. The minimum atomic E-state index is -1.34. The number of halogens is 1. The first kappa shape index (κ1) is 13.3. The van der Waals surface area contributed by atoms with Gasteiger partial charge in [0.15, 0.2) is 0 Å². The highest BCUT2D eigenvalue weighted by Gasteiger charge is 2.10. The molecule has 1 aromatic rings. The van der Waals surface area contributed by atoms with Gasteiger partial charge in [-0.05, 0) is 31.2 Å². The smallest absolute Gasteiger partial charge is 0.411 e. The quantitative estimate of drug-likeness (QED) is 0.773. The molecule has 1 aromatic carbocycles. The second-order valence-electron chi connectivity index (χ2n) is 3.61. The van der Waals surface area contributed by atoms with E-state index in [1.165, 1.54) is 0 Å². The lowest BCUT2D eigenvalue weighted by Crippen LogP contribution is -2.32. The third kappa shape index (κ3) is 5.21. The average Bonchev–Trinajstić information content (AvgIpc) is 2.19. The van der Waals surface area contributed by atoms with Gasteiger partial charge in [0.25, 0.3) is 0 Å². The first-order chi connectivity index (χ1) is 7.97. The number of carbonyl (C=O) groups excluding carboxylic acids is 1. The third-order valence-electron chi connectivity index (χ3n) is 2.00. The van der Waals surface area contributed by atoms with E-state index in [2.05, 4.69) is 5.32 Å². The van der Waals surface area contributed by atoms with E-state index in [-0.39, 0.29) is 12.5 Å². The van der Waals surface area contributed by atoms with Crippen molar-refractivity contribution in [1.82, 2.24) is 5.32 Å². The molecule has 0 spiro atoms. The van der Waals surface area contributed by atoms with Gasteiger partial charge in [-0.3, -0.25) is 10.1 Å². The molecule has 0 aromatic heterocycles. The van der Waals surface area contributed by atoms with E-state index < -0.39 is 12.0 Å². The van der Waals surface area contributed by atoms with Crippen molar-refractivity contribution < 1.29 is 14.7 Å². The van der Waals surface area contributed by atoms with Gasteiger partial charge in [-0.25, -0.2) is 4.79 Å². The van der Waals surface area contributed by atoms with Crippen molar-refractivity contribution in [1.29, 1.82) is 0 Å². The molecule has 0 saturated heterocycles. The van der Waals surface area contributed by atoms with Crippen LogP contribution in [-0.4, -0.2) is 23.1 Å². The monoisotopic (exact) mass is 256 g/mol. The van der Waals surface area contributed by atoms with Crippen molar-refractivity contribution in [3.05, 3.63) is 29.3 Å². The Hall–Kier alpha value is -1.75. The molecule has 1 rings (SSSR count). The number of benzene rings is 1. The fraction of sp³-hybridized carbons (Fsp3) is 0.273. The fourth-order valence-electron chi connectivity index (χ4n) is 1.33. The molecule has 0 radical (unpaired) electrons. The van der Waals surface area contributed by atoms with E-state index in [0.29, 0.717) is 5.02 Å². The van der Waals surface area contributed by atoms with Gasteiger partial charge in [-0.15, -0.1) is 0 Å². The molecule has 5 nitrogen and oxygen atoms in total. The second-order valence-corrected chi connectivity index (χ2v) is 4.05. The van der Waals surface area contributed by atoms with Crippen LogP contribution in [0.5, 0.6) is 0 Å². The number of imide groups is 1. The van der Waals surface area contributed by atoms with E-state index in [1.807, 2.05) is 0 Å². The molecule has 3 N–H and O–H groups in total. The topological polar surface area (TPSA) is 78.4 Å². The highest BCUT2D eigenvalue weighted by atomic mass is 35.5. The number of rotatable bonds is 4. The van der Waals surface area contributed by atoms with Gasteiger partial charge >= 0.3 is 6.09 Å². The summed E-state index contributed by atoms with van der Waals surface area (Å²) in [5.41, 5.74) is 0.824. The Bertz CT molecular complexity index is 406. The van der Waals surface area contributed by atoms with Crippen molar-refractivity contribution in [2.45, 2.75) is 19.4 Å². The molecule has 2 amide bonds. The number of amides is 2. The Labute approximate surface area is 104 Å². The van der Waals surface area contributed by atoms with Gasteiger partial charge in [-0.2, -0.15) is 0 Å². The lowest BCUT2D eigenvalue weighted by Gasteiger charge is -2.14. The van der Waals surface area contributed by atoms with Crippen molar-refractivity contribution in [3.8, 4) is 0 Å². The van der Waals surface area contributed by atoms with Crippen LogP contribution in [0, 0.1) is 0 Å². The van der Waals surface area contributed by atoms with Crippen molar-refractivity contribution in [2.24, 2.45) is 0 Å². The molecule has 0 aliphatic rings. The Balaban J connectivity index is 2.44. The number of nitrogens with one attached hydrogen (secondary N) is 2. The van der Waals surface area contributed by atoms with E-state index >= 15 is 0 Å². The molecule has 0 fully saturated rings. The minimum absolute atomic E-state index is 0.0783. The normalized spacial score (nSPS) is 11.6. The molecule has 17 heavy (non-hydrogen) atoms. The molecular formula is C11H13ClN2O3. The maximum atomic E-state index is 11.2. The molecule has 0 aliphatic heterocycles. The van der Waals surface area contributed by atoms with Crippen LogP contribution in [0.1, 0.15) is 13.3 Å². The molecule has 1 atom stereocenters. The maximum absolute atomic E-state index is 11.2. The molecule has 92 valence electrons. The average molecular weight is 257 g/mol. The van der Waals surface area contributed by atoms with E-state index in [1.54, 1.807) is 36.5 Å². The lowest BCUT2D eigenvalue weighted by molar-refractivity contribution is -0.120. The Kier molecular flexibility index (Phi) is 4.78. The molecule has 0 saturated carbocycles. The van der Waals surface area contributed by atoms with E-state index in [4.69, 9.17) is 16.7 Å². The SMILES string of the molecule is CC(CC(=O)NC(=O)O)Nc1ccc(Cl)cc1. The molecule has 1 unspecified atom stereocenters. The summed E-state index contributed by atoms with van der Waals surface area (Å²) in [4.78, 5) is 21.4. The highest BCUT2D eigenvalue weighted by Crippen LogP contribution is 2.14. The number of carbonyl (C=O) groups is 2. The van der Waals surface area contributed by atoms with Gasteiger partial charge < -0.3 is 10.4 Å². The van der Waals surface area contributed by atoms with Gasteiger partial charge in [0, 0.05) is 23.2 Å². The third-order valence-corrected chi connectivity index (χ3v) is 2.25. The van der Waals surface area contributed by atoms with Gasteiger partial charge in [0.05, 0.1) is 0 Å². The summed E-state index contributed by atoms with van der Waals surface area (Å²) in [5, 5.41) is 13.8. The van der Waals surface area contributed by atoms with Crippen LogP contribution in [0.15, 0.2) is 24.3 Å². The van der Waals surface area contributed by atoms with Gasteiger partial charge in [0.2, 0.25) is 5.91 Å². The summed E-state index contributed by atoms with van der Waals surface area (Å²) in [7, 11) is 0. The van der Waals surface area contributed by atoms with Crippen LogP contribution in [0.25, 0.3) is 0 Å². The zero-order valence-electron chi connectivity index (χ0n) is 9.24.